The SMILES string of the molecule is c1ccc(-c2cccc(C3NC(c4cncc(-n5c6ccccc6c6c7ccccc7ccc65)c4)=NC(c4ccccc4)N3)c2)cc1. The Hall–Kier alpha value is -6.04. The smallest absolute Gasteiger partial charge is 0.133 e. The number of aromatic nitrogens is 2. The molecule has 0 radical (unpaired) electrons. The fourth-order valence-electron chi connectivity index (χ4n) is 6.91. The Morgan fingerprint density at radius 1 is 0.532 bits per heavy atom. The van der Waals surface area contributed by atoms with Gasteiger partial charge in [0.1, 0.15) is 18.2 Å². The summed E-state index contributed by atoms with van der Waals surface area (Å²) in [5.74, 6) is 0.799. The van der Waals surface area contributed by atoms with Gasteiger partial charge in [0.2, 0.25) is 0 Å². The molecule has 2 unspecified atom stereocenters. The Balaban J connectivity index is 1.17. The average molecular weight is 606 g/mol. The monoisotopic (exact) mass is 605 g/mol. The number of aliphatic imine (C=N–C) groups is 1. The molecule has 0 fully saturated rings. The molecule has 5 heteroatoms. The van der Waals surface area contributed by atoms with Gasteiger partial charge in [-0.3, -0.25) is 10.3 Å². The molecule has 0 aliphatic carbocycles. The molecule has 47 heavy (non-hydrogen) atoms. The summed E-state index contributed by atoms with van der Waals surface area (Å²) >= 11 is 0. The average Bonchev–Trinajstić information content (AvgIpc) is 3.50. The van der Waals surface area contributed by atoms with Crippen LogP contribution in [-0.2, 0) is 0 Å². The van der Waals surface area contributed by atoms with E-state index >= 15 is 0 Å². The number of fused-ring (bicyclic) bond motifs is 5. The van der Waals surface area contributed by atoms with Crippen LogP contribution in [0.5, 0.6) is 0 Å². The molecule has 0 saturated heterocycles. The molecule has 5 nitrogen and oxygen atoms in total. The summed E-state index contributed by atoms with van der Waals surface area (Å²) < 4.78 is 2.32. The van der Waals surface area contributed by atoms with Gasteiger partial charge >= 0.3 is 0 Å². The first-order chi connectivity index (χ1) is 23.3. The number of pyridine rings is 1. The molecule has 2 atom stereocenters. The third-order valence-corrected chi connectivity index (χ3v) is 9.12. The number of nitrogens with zero attached hydrogens (tertiary/aromatic N) is 3. The van der Waals surface area contributed by atoms with Crippen molar-refractivity contribution in [1.29, 1.82) is 0 Å². The van der Waals surface area contributed by atoms with Crippen LogP contribution in [0, 0.1) is 0 Å². The number of hydrogen-bond acceptors (Lipinski definition) is 4. The van der Waals surface area contributed by atoms with Crippen LogP contribution in [0.1, 0.15) is 29.0 Å². The highest BCUT2D eigenvalue weighted by molar-refractivity contribution is 6.21. The highest BCUT2D eigenvalue weighted by Gasteiger charge is 2.26. The lowest BCUT2D eigenvalue weighted by molar-refractivity contribution is 0.409. The third-order valence-electron chi connectivity index (χ3n) is 9.12. The molecule has 3 heterocycles. The van der Waals surface area contributed by atoms with Gasteiger partial charge in [-0.05, 0) is 57.3 Å². The zero-order chi connectivity index (χ0) is 31.2. The molecule has 9 rings (SSSR count). The van der Waals surface area contributed by atoms with Crippen LogP contribution >= 0.6 is 0 Å². The molecule has 0 saturated carbocycles. The van der Waals surface area contributed by atoms with Crippen molar-refractivity contribution < 1.29 is 0 Å². The molecular weight excluding hydrogens is 574 g/mol. The minimum Gasteiger partial charge on any atom is -0.350 e. The van der Waals surface area contributed by atoms with Crippen molar-refractivity contribution in [2.24, 2.45) is 4.99 Å². The molecule has 6 aromatic carbocycles. The van der Waals surface area contributed by atoms with Crippen LogP contribution in [0.3, 0.4) is 0 Å². The van der Waals surface area contributed by atoms with Gasteiger partial charge in [0.25, 0.3) is 0 Å². The van der Waals surface area contributed by atoms with E-state index in [2.05, 4.69) is 161 Å². The van der Waals surface area contributed by atoms with Crippen molar-refractivity contribution in [3.8, 4) is 16.8 Å². The maximum atomic E-state index is 5.21. The molecule has 0 spiro atoms. The highest BCUT2D eigenvalue weighted by Crippen LogP contribution is 2.37. The van der Waals surface area contributed by atoms with Crippen molar-refractivity contribution in [1.82, 2.24) is 20.2 Å². The number of para-hydroxylation sites is 1. The van der Waals surface area contributed by atoms with Gasteiger partial charge in [-0.2, -0.15) is 0 Å². The van der Waals surface area contributed by atoms with Gasteiger partial charge in [-0.1, -0.05) is 127 Å². The fraction of sp³-hybridized carbons (Fsp3) is 0.0476. The first-order valence-electron chi connectivity index (χ1n) is 16.0. The van der Waals surface area contributed by atoms with Gasteiger partial charge in [0.05, 0.1) is 22.9 Å². The predicted octanol–water partition coefficient (Wildman–Crippen LogP) is 9.34. The topological polar surface area (TPSA) is 54.2 Å². The van der Waals surface area contributed by atoms with Gasteiger partial charge in [0, 0.05) is 22.5 Å². The molecule has 2 N–H and O–H groups in total. The number of hydrogen-bond donors (Lipinski definition) is 2. The van der Waals surface area contributed by atoms with E-state index in [9.17, 15) is 0 Å². The van der Waals surface area contributed by atoms with Crippen molar-refractivity contribution in [3.63, 3.8) is 0 Å². The van der Waals surface area contributed by atoms with Gasteiger partial charge < -0.3 is 9.88 Å². The summed E-state index contributed by atoms with van der Waals surface area (Å²) in [7, 11) is 0. The fourth-order valence-corrected chi connectivity index (χ4v) is 6.91. The predicted molar refractivity (Wildman–Crippen MR) is 193 cm³/mol. The second-order valence-electron chi connectivity index (χ2n) is 12.0. The van der Waals surface area contributed by atoms with Gasteiger partial charge in [-0.25, -0.2) is 4.99 Å². The largest absolute Gasteiger partial charge is 0.350 e. The van der Waals surface area contributed by atoms with Crippen LogP contribution in [0.15, 0.2) is 169 Å². The molecule has 2 aromatic heterocycles. The van der Waals surface area contributed by atoms with E-state index in [1.54, 1.807) is 0 Å². The van der Waals surface area contributed by atoms with E-state index in [-0.39, 0.29) is 12.3 Å². The number of benzene rings is 6. The van der Waals surface area contributed by atoms with E-state index in [0.717, 1.165) is 39.2 Å². The van der Waals surface area contributed by atoms with E-state index in [1.807, 2.05) is 18.5 Å². The van der Waals surface area contributed by atoms with Crippen molar-refractivity contribution in [2.75, 3.05) is 0 Å². The standard InChI is InChI=1S/C42H31N5/c1-3-12-28(13-4-1)31-17-11-18-32(24-31)41-44-40(30-15-5-2-6-16-30)45-42(46-41)33-25-34(27-43-26-33)47-37-21-10-9-20-36(37)39-35-19-8-7-14-29(35)22-23-38(39)47/h1-27,40-41,44H,(H,45,46). The highest BCUT2D eigenvalue weighted by atomic mass is 15.3. The third kappa shape index (κ3) is 4.85. The van der Waals surface area contributed by atoms with Crippen molar-refractivity contribution >= 4 is 38.4 Å². The normalized spacial score (nSPS) is 16.3. The van der Waals surface area contributed by atoms with Crippen molar-refractivity contribution in [2.45, 2.75) is 12.3 Å². The first kappa shape index (κ1) is 27.3. The summed E-state index contributed by atoms with van der Waals surface area (Å²) in [6, 6.07) is 53.5. The maximum absolute atomic E-state index is 5.21. The zero-order valence-electron chi connectivity index (χ0n) is 25.6. The van der Waals surface area contributed by atoms with E-state index < -0.39 is 0 Å². The molecule has 1 aliphatic rings. The Morgan fingerprint density at radius 3 is 2.13 bits per heavy atom. The lowest BCUT2D eigenvalue weighted by Crippen LogP contribution is -2.45. The Kier molecular flexibility index (Phi) is 6.61. The lowest BCUT2D eigenvalue weighted by Gasteiger charge is -2.32. The van der Waals surface area contributed by atoms with E-state index in [1.165, 1.54) is 32.7 Å². The van der Waals surface area contributed by atoms with Gasteiger partial charge in [-0.15, -0.1) is 0 Å². The minimum absolute atomic E-state index is 0.167. The minimum atomic E-state index is -0.235. The molecule has 1 aliphatic heterocycles. The summed E-state index contributed by atoms with van der Waals surface area (Å²) in [5, 5.41) is 12.4. The van der Waals surface area contributed by atoms with Crippen LogP contribution in [0.25, 0.3) is 49.4 Å². The second-order valence-corrected chi connectivity index (χ2v) is 12.0. The number of nitrogens with one attached hydrogen (secondary N) is 2. The quantitative estimate of drug-likeness (QED) is 0.206. The lowest BCUT2D eigenvalue weighted by atomic mass is 10.0. The molecule has 0 amide bonds. The molecule has 0 bridgehead atoms. The van der Waals surface area contributed by atoms with Crippen LogP contribution in [0.2, 0.25) is 0 Å². The second kappa shape index (κ2) is 11.4. The summed E-state index contributed by atoms with van der Waals surface area (Å²) in [6.45, 7) is 0. The Bertz CT molecular complexity index is 2430. The van der Waals surface area contributed by atoms with Gasteiger partial charge in [0.15, 0.2) is 0 Å². The molecular formula is C42H31N5. The van der Waals surface area contributed by atoms with E-state index in [4.69, 9.17) is 9.98 Å². The Labute approximate surface area is 272 Å². The summed E-state index contributed by atoms with van der Waals surface area (Å²) in [5.41, 5.74) is 8.83. The first-order valence-corrected chi connectivity index (χ1v) is 16.0. The molecule has 224 valence electrons. The number of amidine groups is 1. The maximum Gasteiger partial charge on any atom is 0.133 e. The van der Waals surface area contributed by atoms with E-state index in [0.29, 0.717) is 0 Å². The molecule has 8 aromatic rings. The van der Waals surface area contributed by atoms with Crippen LogP contribution in [0.4, 0.5) is 0 Å². The Morgan fingerprint density at radius 2 is 1.26 bits per heavy atom. The van der Waals surface area contributed by atoms with Crippen LogP contribution in [-0.4, -0.2) is 15.4 Å². The summed E-state index contributed by atoms with van der Waals surface area (Å²) in [4.78, 5) is 9.99. The number of rotatable bonds is 5. The van der Waals surface area contributed by atoms with Crippen molar-refractivity contribution in [3.05, 3.63) is 181 Å². The zero-order valence-corrected chi connectivity index (χ0v) is 25.6. The van der Waals surface area contributed by atoms with Crippen LogP contribution < -0.4 is 10.6 Å². The summed E-state index contributed by atoms with van der Waals surface area (Å²) in [6.07, 6.45) is 3.45.